The van der Waals surface area contributed by atoms with Gasteiger partial charge in [0, 0.05) is 50.2 Å². The minimum absolute atomic E-state index is 0.0646. The second-order valence-corrected chi connectivity index (χ2v) is 11.3. The third kappa shape index (κ3) is 6.57. The van der Waals surface area contributed by atoms with Crippen LogP contribution in [0.1, 0.15) is 31.2 Å². The number of nitrogens with one attached hydrogen (secondary N) is 1. The number of rotatable bonds is 7. The second-order valence-electron chi connectivity index (χ2n) is 9.11. The Kier molecular flexibility index (Phi) is 8.07. The quantitative estimate of drug-likeness (QED) is 0.642. The van der Waals surface area contributed by atoms with Crippen molar-refractivity contribution in [3.05, 3.63) is 65.2 Å². The van der Waals surface area contributed by atoms with Crippen LogP contribution in [0.3, 0.4) is 0 Å². The van der Waals surface area contributed by atoms with Gasteiger partial charge in [0.15, 0.2) is 0 Å². The van der Waals surface area contributed by atoms with Gasteiger partial charge in [-0.1, -0.05) is 41.9 Å². The molecule has 1 saturated carbocycles. The predicted molar refractivity (Wildman–Crippen MR) is 130 cm³/mol. The van der Waals surface area contributed by atoms with E-state index in [2.05, 4.69) is 33.9 Å². The molecule has 1 aliphatic carbocycles. The fraction of sp³-hybridized carbons (Fsp3) is 0.480. The molecule has 0 unspecified atom stereocenters. The Morgan fingerprint density at radius 1 is 0.909 bits per heavy atom. The Bertz CT molecular complexity index is 1010. The summed E-state index contributed by atoms with van der Waals surface area (Å²) in [4.78, 5) is 17.7. The maximum atomic E-state index is 13.0. The first-order valence-corrected chi connectivity index (χ1v) is 13.6. The number of sulfonamides is 1. The summed E-state index contributed by atoms with van der Waals surface area (Å²) in [5.41, 5.74) is 1.31. The van der Waals surface area contributed by atoms with Crippen molar-refractivity contribution >= 4 is 27.5 Å². The number of carbonyl (C=O) groups excluding carboxylic acids is 1. The number of carbonyl (C=O) groups is 1. The highest BCUT2D eigenvalue weighted by molar-refractivity contribution is 7.89. The minimum Gasteiger partial charge on any atom is -0.340 e. The highest BCUT2D eigenvalue weighted by atomic mass is 35.5. The molecule has 2 aromatic rings. The predicted octanol–water partition coefficient (Wildman–Crippen LogP) is 3.77. The van der Waals surface area contributed by atoms with Crippen LogP contribution in [0.2, 0.25) is 5.02 Å². The minimum atomic E-state index is -3.54. The lowest BCUT2D eigenvalue weighted by molar-refractivity contribution is -0.138. The number of hydrogen-bond acceptors (Lipinski definition) is 4. The van der Waals surface area contributed by atoms with Crippen molar-refractivity contribution in [1.29, 1.82) is 0 Å². The van der Waals surface area contributed by atoms with Crippen LogP contribution in [-0.2, 0) is 21.4 Å². The van der Waals surface area contributed by atoms with E-state index in [1.807, 2.05) is 11.0 Å². The molecule has 2 aromatic carbocycles. The Morgan fingerprint density at radius 2 is 1.55 bits per heavy atom. The van der Waals surface area contributed by atoms with Crippen LogP contribution < -0.4 is 4.72 Å². The van der Waals surface area contributed by atoms with Gasteiger partial charge in [-0.3, -0.25) is 9.69 Å². The zero-order chi connectivity index (χ0) is 23.3. The van der Waals surface area contributed by atoms with Gasteiger partial charge in [0.25, 0.3) is 0 Å². The Balaban J connectivity index is 1.19. The zero-order valence-corrected chi connectivity index (χ0v) is 20.4. The molecule has 2 fully saturated rings. The number of nitrogens with zero attached hydrogens (tertiary/aromatic N) is 2. The lowest BCUT2D eigenvalue weighted by Crippen LogP contribution is -2.50. The number of halogens is 1. The molecule has 1 heterocycles. The van der Waals surface area contributed by atoms with Gasteiger partial charge in [0.1, 0.15) is 0 Å². The van der Waals surface area contributed by atoms with Crippen molar-refractivity contribution in [3.8, 4) is 0 Å². The molecule has 2 aliphatic rings. The largest absolute Gasteiger partial charge is 0.340 e. The van der Waals surface area contributed by atoms with Gasteiger partial charge in [0.2, 0.25) is 15.9 Å². The smallest absolute Gasteiger partial charge is 0.240 e. The summed E-state index contributed by atoms with van der Waals surface area (Å²) in [6, 6.07) is 16.6. The molecular weight excluding hydrogens is 458 g/mol. The number of amides is 1. The molecule has 0 bridgehead atoms. The van der Waals surface area contributed by atoms with E-state index in [1.165, 1.54) is 17.7 Å². The molecule has 1 amide bonds. The fourth-order valence-electron chi connectivity index (χ4n) is 4.76. The lowest BCUT2D eigenvalue weighted by atomic mass is 9.81. The van der Waals surface area contributed by atoms with E-state index in [0.717, 1.165) is 58.4 Å². The molecule has 1 saturated heterocycles. The van der Waals surface area contributed by atoms with Gasteiger partial charge in [-0.2, -0.15) is 0 Å². The van der Waals surface area contributed by atoms with E-state index in [1.54, 1.807) is 12.1 Å². The van der Waals surface area contributed by atoms with Crippen molar-refractivity contribution in [2.75, 3.05) is 32.7 Å². The topological polar surface area (TPSA) is 69.7 Å². The summed E-state index contributed by atoms with van der Waals surface area (Å²) in [5.74, 6) is 0.600. The van der Waals surface area contributed by atoms with Crippen LogP contribution >= 0.6 is 11.6 Å². The van der Waals surface area contributed by atoms with E-state index in [4.69, 9.17) is 11.6 Å². The first-order chi connectivity index (χ1) is 15.9. The van der Waals surface area contributed by atoms with Crippen molar-refractivity contribution < 1.29 is 13.2 Å². The Morgan fingerprint density at radius 3 is 2.18 bits per heavy atom. The van der Waals surface area contributed by atoms with Gasteiger partial charge < -0.3 is 4.90 Å². The summed E-state index contributed by atoms with van der Waals surface area (Å²) in [6.07, 6.45) is 3.40. The van der Waals surface area contributed by atoms with Crippen molar-refractivity contribution in [2.24, 2.45) is 11.8 Å². The summed E-state index contributed by atoms with van der Waals surface area (Å²) >= 11 is 5.85. The van der Waals surface area contributed by atoms with Crippen molar-refractivity contribution in [1.82, 2.24) is 14.5 Å². The molecule has 0 atom stereocenters. The standard InChI is InChI=1S/C25H32ClN3O3S/c26-23-10-12-24(13-11-23)33(31,32)27-18-20-6-8-22(9-7-20)25(30)29-16-14-28(15-17-29)19-21-4-2-1-3-5-21/h1-5,10-13,20,22,27H,6-9,14-19H2. The molecule has 0 spiro atoms. The molecule has 33 heavy (non-hydrogen) atoms. The average Bonchev–Trinajstić information content (AvgIpc) is 2.84. The fourth-order valence-corrected chi connectivity index (χ4v) is 6.01. The molecule has 0 radical (unpaired) electrons. The zero-order valence-electron chi connectivity index (χ0n) is 18.8. The van der Waals surface area contributed by atoms with Gasteiger partial charge in [-0.25, -0.2) is 13.1 Å². The maximum Gasteiger partial charge on any atom is 0.240 e. The number of piperazine rings is 1. The third-order valence-electron chi connectivity index (χ3n) is 6.81. The third-order valence-corrected chi connectivity index (χ3v) is 8.51. The van der Waals surface area contributed by atoms with E-state index >= 15 is 0 Å². The molecular formula is C25H32ClN3O3S. The maximum absolute atomic E-state index is 13.0. The number of benzene rings is 2. The first-order valence-electron chi connectivity index (χ1n) is 11.7. The van der Waals surface area contributed by atoms with Crippen molar-refractivity contribution in [2.45, 2.75) is 37.1 Å². The molecule has 1 N–H and O–H groups in total. The van der Waals surface area contributed by atoms with Crippen LogP contribution in [0.25, 0.3) is 0 Å². The van der Waals surface area contributed by atoms with Crippen LogP contribution in [0.15, 0.2) is 59.5 Å². The highest BCUT2D eigenvalue weighted by Crippen LogP contribution is 2.30. The van der Waals surface area contributed by atoms with Gasteiger partial charge in [0.05, 0.1) is 4.90 Å². The van der Waals surface area contributed by atoms with Crippen LogP contribution in [0, 0.1) is 11.8 Å². The normalized spacial score (nSPS) is 22.3. The molecule has 4 rings (SSSR count). The van der Waals surface area contributed by atoms with Crippen LogP contribution in [0.4, 0.5) is 0 Å². The van der Waals surface area contributed by atoms with E-state index < -0.39 is 10.0 Å². The Hall–Kier alpha value is -1.93. The second kappa shape index (κ2) is 11.0. The first kappa shape index (κ1) is 24.2. The van der Waals surface area contributed by atoms with Crippen LogP contribution in [0.5, 0.6) is 0 Å². The summed E-state index contributed by atoms with van der Waals surface area (Å²) < 4.78 is 27.7. The highest BCUT2D eigenvalue weighted by Gasteiger charge is 2.31. The summed E-state index contributed by atoms with van der Waals surface area (Å²) in [6.45, 7) is 4.72. The monoisotopic (exact) mass is 489 g/mol. The molecule has 178 valence electrons. The van der Waals surface area contributed by atoms with Gasteiger partial charge in [-0.05, 0) is 61.4 Å². The number of hydrogen-bond donors (Lipinski definition) is 1. The molecule has 6 nitrogen and oxygen atoms in total. The summed E-state index contributed by atoms with van der Waals surface area (Å²) in [5, 5.41) is 0.509. The van der Waals surface area contributed by atoms with Crippen molar-refractivity contribution in [3.63, 3.8) is 0 Å². The van der Waals surface area contributed by atoms with E-state index in [0.29, 0.717) is 11.6 Å². The van der Waals surface area contributed by atoms with Crippen LogP contribution in [-0.4, -0.2) is 56.8 Å². The lowest BCUT2D eigenvalue weighted by Gasteiger charge is -2.38. The molecule has 0 aromatic heterocycles. The Labute approximate surface area is 202 Å². The van der Waals surface area contributed by atoms with E-state index in [-0.39, 0.29) is 22.6 Å². The SMILES string of the molecule is O=C(C1CCC(CNS(=O)(=O)c2ccc(Cl)cc2)CC1)N1CCN(Cc2ccccc2)CC1. The van der Waals surface area contributed by atoms with E-state index in [9.17, 15) is 13.2 Å². The molecule has 8 heteroatoms. The summed E-state index contributed by atoms with van der Waals surface area (Å²) in [7, 11) is -3.54. The molecule has 1 aliphatic heterocycles. The van der Waals surface area contributed by atoms with Gasteiger partial charge >= 0.3 is 0 Å². The average molecular weight is 490 g/mol. The van der Waals surface area contributed by atoms with Gasteiger partial charge in [-0.15, -0.1) is 0 Å².